The van der Waals surface area contributed by atoms with E-state index in [1.807, 2.05) is 36.6 Å². The van der Waals surface area contributed by atoms with Crippen LogP contribution >= 0.6 is 27.3 Å². The molecule has 2 amide bonds. The number of benzene rings is 2. The van der Waals surface area contributed by atoms with Crippen molar-refractivity contribution in [2.24, 2.45) is 5.92 Å². The van der Waals surface area contributed by atoms with Crippen LogP contribution in [0.1, 0.15) is 29.3 Å². The average molecular weight is 535 g/mol. The Morgan fingerprint density at radius 3 is 2.61 bits per heavy atom. The van der Waals surface area contributed by atoms with Gasteiger partial charge in [-0.3, -0.25) is 14.8 Å². The van der Waals surface area contributed by atoms with E-state index in [2.05, 4.69) is 21.2 Å². The van der Waals surface area contributed by atoms with Crippen LogP contribution in [0.15, 0.2) is 58.4 Å². The lowest BCUT2D eigenvalue weighted by atomic mass is 9.91. The van der Waals surface area contributed by atoms with Crippen LogP contribution in [0.5, 0.6) is 0 Å². The largest absolute Gasteiger partial charge is 0.356 e. The van der Waals surface area contributed by atoms with Crippen LogP contribution in [-0.4, -0.2) is 43.1 Å². The Balaban J connectivity index is 1.76. The molecule has 0 bridgehead atoms. The van der Waals surface area contributed by atoms with Crippen LogP contribution in [0, 0.1) is 5.92 Å². The fraction of sp³-hybridized carbons (Fsp3) is 0.333. The molecule has 0 spiro atoms. The maximum Gasteiger partial charge on any atom is 0.251 e. The zero-order chi connectivity index (χ0) is 23.6. The van der Waals surface area contributed by atoms with Crippen LogP contribution in [-0.2, 0) is 20.7 Å². The van der Waals surface area contributed by atoms with Gasteiger partial charge in [0, 0.05) is 27.3 Å². The predicted molar refractivity (Wildman–Crippen MR) is 131 cm³/mol. The van der Waals surface area contributed by atoms with E-state index in [1.165, 1.54) is 0 Å². The molecule has 176 valence electrons. The Labute approximate surface area is 205 Å². The Hall–Kier alpha value is -2.30. The SMILES string of the molecule is CCOCOCC(CC(Cc1csc2ccccc12)C(=O)NO)NC(=O)c1ccc(Br)cc1. The molecular formula is C24H27BrN2O5S. The third-order valence-corrected chi connectivity index (χ3v) is 6.75. The summed E-state index contributed by atoms with van der Waals surface area (Å²) in [5.41, 5.74) is 3.30. The lowest BCUT2D eigenvalue weighted by Crippen LogP contribution is -2.42. The minimum Gasteiger partial charge on any atom is -0.356 e. The summed E-state index contributed by atoms with van der Waals surface area (Å²) in [6.07, 6.45) is 0.706. The minimum atomic E-state index is -0.570. The Morgan fingerprint density at radius 1 is 1.12 bits per heavy atom. The van der Waals surface area contributed by atoms with Crippen LogP contribution in [0.3, 0.4) is 0 Å². The summed E-state index contributed by atoms with van der Waals surface area (Å²) >= 11 is 4.98. The summed E-state index contributed by atoms with van der Waals surface area (Å²) in [6, 6.07) is 14.5. The molecule has 0 aliphatic carbocycles. The number of halogens is 1. The zero-order valence-corrected chi connectivity index (χ0v) is 20.7. The molecule has 3 N–H and O–H groups in total. The Morgan fingerprint density at radius 2 is 1.88 bits per heavy atom. The molecule has 0 saturated carbocycles. The number of ether oxygens (including phenoxy) is 2. The van der Waals surface area contributed by atoms with Crippen LogP contribution in [0.4, 0.5) is 0 Å². The van der Waals surface area contributed by atoms with Crippen molar-refractivity contribution in [3.63, 3.8) is 0 Å². The second kappa shape index (κ2) is 12.8. The maximum absolute atomic E-state index is 12.8. The second-order valence-corrected chi connectivity index (χ2v) is 9.36. The van der Waals surface area contributed by atoms with Gasteiger partial charge >= 0.3 is 0 Å². The summed E-state index contributed by atoms with van der Waals surface area (Å²) in [4.78, 5) is 25.3. The topological polar surface area (TPSA) is 96.9 Å². The molecule has 0 aliphatic rings. The molecule has 2 aromatic carbocycles. The quantitative estimate of drug-likeness (QED) is 0.137. The number of amides is 2. The highest BCUT2D eigenvalue weighted by molar-refractivity contribution is 9.10. The number of nitrogens with one attached hydrogen (secondary N) is 2. The molecule has 0 radical (unpaired) electrons. The van der Waals surface area contributed by atoms with Crippen LogP contribution < -0.4 is 10.8 Å². The Bertz CT molecular complexity index is 1060. The summed E-state index contributed by atoms with van der Waals surface area (Å²) in [6.45, 7) is 2.63. The molecule has 7 nitrogen and oxygen atoms in total. The standard InChI is InChI=1S/C24H27BrN2O5S/c1-2-31-15-32-13-20(26-23(28)16-7-9-19(25)10-8-16)12-17(24(29)27-30)11-18-14-33-22-6-4-3-5-21(18)22/h3-10,14,17,20,30H,2,11-13,15H2,1H3,(H,26,28)(H,27,29). The molecule has 1 aromatic heterocycles. The fourth-order valence-electron chi connectivity index (χ4n) is 3.55. The first-order valence-corrected chi connectivity index (χ1v) is 12.3. The molecule has 2 unspecified atom stereocenters. The van der Waals surface area contributed by atoms with Gasteiger partial charge in [0.15, 0.2) is 0 Å². The van der Waals surface area contributed by atoms with E-state index < -0.39 is 17.9 Å². The van der Waals surface area contributed by atoms with Crippen molar-refractivity contribution in [3.05, 3.63) is 69.5 Å². The van der Waals surface area contributed by atoms with Gasteiger partial charge in [-0.15, -0.1) is 11.3 Å². The van der Waals surface area contributed by atoms with Crippen LogP contribution in [0.25, 0.3) is 10.1 Å². The summed E-state index contributed by atoms with van der Waals surface area (Å²) in [7, 11) is 0. The van der Waals surface area contributed by atoms with E-state index in [0.717, 1.165) is 20.1 Å². The molecule has 0 fully saturated rings. The molecule has 33 heavy (non-hydrogen) atoms. The first-order valence-electron chi connectivity index (χ1n) is 10.6. The van der Waals surface area contributed by atoms with Crippen molar-refractivity contribution in [2.45, 2.75) is 25.8 Å². The number of fused-ring (bicyclic) bond motifs is 1. The highest BCUT2D eigenvalue weighted by atomic mass is 79.9. The molecule has 3 rings (SSSR count). The van der Waals surface area contributed by atoms with Gasteiger partial charge in [0.25, 0.3) is 5.91 Å². The van der Waals surface area contributed by atoms with Gasteiger partial charge in [0.2, 0.25) is 5.91 Å². The molecule has 2 atom stereocenters. The van der Waals surface area contributed by atoms with Gasteiger partial charge in [0.05, 0.1) is 12.6 Å². The Kier molecular flexibility index (Phi) is 9.83. The van der Waals surface area contributed by atoms with E-state index in [1.54, 1.807) is 41.1 Å². The van der Waals surface area contributed by atoms with E-state index in [9.17, 15) is 14.8 Å². The van der Waals surface area contributed by atoms with Crippen molar-refractivity contribution in [2.75, 3.05) is 20.0 Å². The first-order chi connectivity index (χ1) is 16.0. The predicted octanol–water partition coefficient (Wildman–Crippen LogP) is 4.53. The normalized spacial score (nSPS) is 12.9. The van der Waals surface area contributed by atoms with Gasteiger partial charge in [-0.1, -0.05) is 34.1 Å². The second-order valence-electron chi connectivity index (χ2n) is 7.53. The molecule has 1 heterocycles. The van der Waals surface area contributed by atoms with Crippen molar-refractivity contribution in [1.82, 2.24) is 10.8 Å². The fourth-order valence-corrected chi connectivity index (χ4v) is 4.79. The van der Waals surface area contributed by atoms with E-state index in [0.29, 0.717) is 18.6 Å². The number of rotatable bonds is 12. The third-order valence-electron chi connectivity index (χ3n) is 5.21. The van der Waals surface area contributed by atoms with E-state index in [-0.39, 0.29) is 25.7 Å². The van der Waals surface area contributed by atoms with Crippen molar-refractivity contribution < 1.29 is 24.3 Å². The number of hydroxylamine groups is 1. The molecule has 0 saturated heterocycles. The van der Waals surface area contributed by atoms with Gasteiger partial charge in [-0.25, -0.2) is 5.48 Å². The lowest BCUT2D eigenvalue weighted by molar-refractivity contribution is -0.134. The van der Waals surface area contributed by atoms with E-state index in [4.69, 9.17) is 9.47 Å². The van der Waals surface area contributed by atoms with Crippen molar-refractivity contribution in [1.29, 1.82) is 0 Å². The highest BCUT2D eigenvalue weighted by Crippen LogP contribution is 2.29. The number of carbonyl (C=O) groups excluding carboxylic acids is 2. The van der Waals surface area contributed by atoms with Crippen molar-refractivity contribution in [3.8, 4) is 0 Å². The zero-order valence-electron chi connectivity index (χ0n) is 18.3. The lowest BCUT2D eigenvalue weighted by Gasteiger charge is -2.23. The summed E-state index contributed by atoms with van der Waals surface area (Å²) in [5.74, 6) is -1.34. The van der Waals surface area contributed by atoms with Gasteiger partial charge in [-0.05, 0) is 66.4 Å². The van der Waals surface area contributed by atoms with Crippen molar-refractivity contribution >= 4 is 49.2 Å². The van der Waals surface area contributed by atoms with Gasteiger partial charge in [0.1, 0.15) is 6.79 Å². The molecule has 3 aromatic rings. The number of hydrogen-bond donors (Lipinski definition) is 3. The third kappa shape index (κ3) is 7.35. The van der Waals surface area contributed by atoms with E-state index >= 15 is 0 Å². The number of thiophene rings is 1. The number of carbonyl (C=O) groups is 2. The minimum absolute atomic E-state index is 0.0905. The number of hydrogen-bond acceptors (Lipinski definition) is 6. The average Bonchev–Trinajstić information content (AvgIpc) is 3.24. The molecule has 9 heteroatoms. The highest BCUT2D eigenvalue weighted by Gasteiger charge is 2.26. The molecular weight excluding hydrogens is 508 g/mol. The van der Waals surface area contributed by atoms with Gasteiger partial charge in [-0.2, -0.15) is 0 Å². The monoisotopic (exact) mass is 534 g/mol. The summed E-state index contributed by atoms with van der Waals surface area (Å²) in [5, 5.41) is 15.4. The van der Waals surface area contributed by atoms with Crippen LogP contribution in [0.2, 0.25) is 0 Å². The van der Waals surface area contributed by atoms with Gasteiger partial charge < -0.3 is 14.8 Å². The molecule has 0 aliphatic heterocycles. The summed E-state index contributed by atoms with van der Waals surface area (Å²) < 4.78 is 12.8. The maximum atomic E-state index is 12.8. The smallest absolute Gasteiger partial charge is 0.251 e. The first kappa shape index (κ1) is 25.3.